The van der Waals surface area contributed by atoms with E-state index in [2.05, 4.69) is 10.0 Å². The molecule has 1 unspecified atom stereocenters. The molecular formula is C19H25N3O10. The predicted molar refractivity (Wildman–Crippen MR) is 102 cm³/mol. The molecule has 3 heterocycles. The Balaban J connectivity index is 1.44. The number of aliphatic hydroxyl groups is 5. The van der Waals surface area contributed by atoms with Crippen LogP contribution >= 0.6 is 0 Å². The predicted octanol–water partition coefficient (Wildman–Crippen LogP) is -1.32. The highest BCUT2D eigenvalue weighted by Crippen LogP contribution is 2.35. The van der Waals surface area contributed by atoms with Crippen LogP contribution in [-0.4, -0.2) is 100 Å². The minimum Gasteiger partial charge on any atom is -0.394 e. The van der Waals surface area contributed by atoms with Gasteiger partial charge in [-0.25, -0.2) is 0 Å². The summed E-state index contributed by atoms with van der Waals surface area (Å²) >= 11 is 0. The molecule has 3 aliphatic heterocycles. The molecular weight excluding hydrogens is 430 g/mol. The van der Waals surface area contributed by atoms with Crippen LogP contribution < -0.4 is 0 Å². The number of aliphatic hydroxyl groups excluding tert-OH is 5. The first-order valence-electron chi connectivity index (χ1n) is 10.1. The van der Waals surface area contributed by atoms with Crippen molar-refractivity contribution in [2.24, 2.45) is 5.11 Å². The van der Waals surface area contributed by atoms with Crippen molar-refractivity contribution in [1.82, 2.24) is 0 Å². The Morgan fingerprint density at radius 2 is 1.75 bits per heavy atom. The smallest absolute Gasteiger partial charge is 0.187 e. The van der Waals surface area contributed by atoms with Gasteiger partial charge in [-0.3, -0.25) is 0 Å². The number of nitrogens with zero attached hydrogens (tertiary/aromatic N) is 3. The lowest BCUT2D eigenvalue weighted by molar-refractivity contribution is -0.378. The molecule has 3 aliphatic rings. The number of hydrogen-bond donors (Lipinski definition) is 5. The Bertz CT molecular complexity index is 808. The van der Waals surface area contributed by atoms with Gasteiger partial charge in [-0.2, -0.15) is 0 Å². The number of rotatable bonds is 5. The molecule has 0 aromatic heterocycles. The first kappa shape index (κ1) is 23.3. The van der Waals surface area contributed by atoms with E-state index >= 15 is 0 Å². The van der Waals surface area contributed by atoms with Gasteiger partial charge in [0.2, 0.25) is 0 Å². The second-order valence-electron chi connectivity index (χ2n) is 7.74. The molecule has 4 rings (SSSR count). The van der Waals surface area contributed by atoms with E-state index in [1.54, 1.807) is 12.1 Å². The highest BCUT2D eigenvalue weighted by molar-refractivity contribution is 5.16. The van der Waals surface area contributed by atoms with E-state index in [4.69, 9.17) is 29.2 Å². The Hall–Kier alpha value is -1.87. The number of hydrogen-bond acceptors (Lipinski definition) is 11. The van der Waals surface area contributed by atoms with Crippen molar-refractivity contribution in [3.05, 3.63) is 46.3 Å². The SMILES string of the molecule is [N-]=[N+]=N[C@@H]1O[C@H](CO)[C@@H](O[C@@H]2O[C@@H]3COC(c4ccccc4)O[C@H]3[C@H](O)[C@H]2O)[C@H](O)[C@H]1O. The van der Waals surface area contributed by atoms with E-state index < -0.39 is 74.2 Å². The summed E-state index contributed by atoms with van der Waals surface area (Å²) in [4.78, 5) is 2.53. The fraction of sp³-hybridized carbons (Fsp3) is 0.684. The summed E-state index contributed by atoms with van der Waals surface area (Å²) in [6.45, 7) is -0.614. The molecule has 5 N–H and O–H groups in total. The van der Waals surface area contributed by atoms with Gasteiger partial charge in [0.15, 0.2) is 18.8 Å². The van der Waals surface area contributed by atoms with Crippen molar-refractivity contribution in [2.45, 2.75) is 67.6 Å². The average Bonchev–Trinajstić information content (AvgIpc) is 2.82. The Kier molecular flexibility index (Phi) is 7.24. The summed E-state index contributed by atoms with van der Waals surface area (Å²) in [5.41, 5.74) is 9.30. The lowest BCUT2D eigenvalue weighted by atomic mass is 9.96. The van der Waals surface area contributed by atoms with Crippen LogP contribution in [0.1, 0.15) is 11.9 Å². The van der Waals surface area contributed by atoms with Gasteiger partial charge in [-0.15, -0.1) is 0 Å². The normalized spacial score (nSPS) is 44.3. The molecule has 0 radical (unpaired) electrons. The highest BCUT2D eigenvalue weighted by Gasteiger charge is 2.52. The maximum atomic E-state index is 10.7. The molecule has 1 aromatic carbocycles. The molecule has 3 fully saturated rings. The third-order valence-corrected chi connectivity index (χ3v) is 5.70. The van der Waals surface area contributed by atoms with Crippen LogP contribution in [0.5, 0.6) is 0 Å². The highest BCUT2D eigenvalue weighted by atomic mass is 16.8. The Morgan fingerprint density at radius 3 is 2.44 bits per heavy atom. The topological polar surface area (TPSA) is 196 Å². The van der Waals surface area contributed by atoms with Crippen LogP contribution in [0.2, 0.25) is 0 Å². The molecule has 13 heteroatoms. The van der Waals surface area contributed by atoms with Gasteiger partial charge in [-0.05, 0) is 5.53 Å². The number of benzene rings is 1. The lowest BCUT2D eigenvalue weighted by Crippen LogP contribution is -2.65. The van der Waals surface area contributed by atoms with Gasteiger partial charge < -0.3 is 49.2 Å². The second kappa shape index (κ2) is 9.95. The van der Waals surface area contributed by atoms with Crippen molar-refractivity contribution in [3.63, 3.8) is 0 Å². The van der Waals surface area contributed by atoms with Crippen LogP contribution in [0.15, 0.2) is 35.4 Å². The van der Waals surface area contributed by atoms with Crippen LogP contribution in [0.4, 0.5) is 0 Å². The lowest BCUT2D eigenvalue weighted by Gasteiger charge is -2.48. The van der Waals surface area contributed by atoms with E-state index in [1.165, 1.54) is 0 Å². The molecule has 0 saturated carbocycles. The maximum Gasteiger partial charge on any atom is 0.187 e. The van der Waals surface area contributed by atoms with Crippen LogP contribution in [0.25, 0.3) is 10.4 Å². The summed E-state index contributed by atoms with van der Waals surface area (Å²) < 4.78 is 28.1. The summed E-state index contributed by atoms with van der Waals surface area (Å²) in [5.74, 6) is 0. The molecule has 3 saturated heterocycles. The molecule has 32 heavy (non-hydrogen) atoms. The van der Waals surface area contributed by atoms with Crippen molar-refractivity contribution in [1.29, 1.82) is 0 Å². The summed E-state index contributed by atoms with van der Waals surface area (Å²) in [7, 11) is 0. The molecule has 0 aliphatic carbocycles. The molecule has 1 aromatic rings. The minimum atomic E-state index is -1.65. The van der Waals surface area contributed by atoms with Gasteiger partial charge in [0, 0.05) is 10.5 Å². The first-order valence-corrected chi connectivity index (χ1v) is 10.1. The maximum absolute atomic E-state index is 10.7. The van der Waals surface area contributed by atoms with Crippen LogP contribution in [-0.2, 0) is 23.7 Å². The van der Waals surface area contributed by atoms with Gasteiger partial charge in [-0.1, -0.05) is 35.4 Å². The van der Waals surface area contributed by atoms with Gasteiger partial charge in [0.1, 0.15) is 48.8 Å². The van der Waals surface area contributed by atoms with E-state index in [-0.39, 0.29) is 6.61 Å². The van der Waals surface area contributed by atoms with Crippen molar-refractivity contribution < 1.29 is 49.2 Å². The van der Waals surface area contributed by atoms with Crippen molar-refractivity contribution >= 4 is 0 Å². The van der Waals surface area contributed by atoms with Gasteiger partial charge >= 0.3 is 0 Å². The average molecular weight is 455 g/mol. The quantitative estimate of drug-likeness (QED) is 0.202. The zero-order chi connectivity index (χ0) is 22.8. The zero-order valence-electron chi connectivity index (χ0n) is 16.8. The summed E-state index contributed by atoms with van der Waals surface area (Å²) in [6, 6.07) is 9.08. The monoisotopic (exact) mass is 455 g/mol. The van der Waals surface area contributed by atoms with Crippen LogP contribution in [0.3, 0.4) is 0 Å². The molecule has 0 bridgehead atoms. The van der Waals surface area contributed by atoms with E-state index in [0.717, 1.165) is 5.56 Å². The summed E-state index contributed by atoms with van der Waals surface area (Å²) in [6.07, 6.45) is -14.2. The van der Waals surface area contributed by atoms with Gasteiger partial charge in [0.25, 0.3) is 0 Å². The molecule has 13 nitrogen and oxygen atoms in total. The fourth-order valence-corrected chi connectivity index (χ4v) is 4.01. The van der Waals surface area contributed by atoms with E-state index in [9.17, 15) is 25.5 Å². The molecule has 11 atom stereocenters. The molecule has 176 valence electrons. The Morgan fingerprint density at radius 1 is 1.00 bits per heavy atom. The van der Waals surface area contributed by atoms with Crippen molar-refractivity contribution in [2.75, 3.05) is 13.2 Å². The van der Waals surface area contributed by atoms with Crippen LogP contribution in [0, 0.1) is 0 Å². The zero-order valence-corrected chi connectivity index (χ0v) is 16.8. The molecule has 0 amide bonds. The minimum absolute atomic E-state index is 0.0304. The third kappa shape index (κ3) is 4.46. The number of azide groups is 1. The number of ether oxygens (including phenoxy) is 5. The summed E-state index contributed by atoms with van der Waals surface area (Å²) in [5, 5.41) is 54.6. The van der Waals surface area contributed by atoms with Crippen molar-refractivity contribution in [3.8, 4) is 0 Å². The van der Waals surface area contributed by atoms with Gasteiger partial charge in [0.05, 0.1) is 13.2 Å². The third-order valence-electron chi connectivity index (χ3n) is 5.70. The first-order chi connectivity index (χ1) is 15.4. The second-order valence-corrected chi connectivity index (χ2v) is 7.74. The standard InChI is InChI=1S/C19H25N3O10/c20-22-21-17-13(26)11(24)15(9(6-23)29-17)32-19-14(27)12(25)16-10(30-19)7-28-18(31-16)8-4-2-1-3-5-8/h1-5,9-19,23-27H,6-7H2/t9-,10-,11-,12-,13-,14-,15-,16-,17-,18?,19+/m1/s1. The van der Waals surface area contributed by atoms with E-state index in [1.807, 2.05) is 18.2 Å². The Labute approximate surface area is 182 Å². The largest absolute Gasteiger partial charge is 0.394 e. The van der Waals surface area contributed by atoms with E-state index in [0.29, 0.717) is 0 Å². The number of fused-ring (bicyclic) bond motifs is 1. The fourth-order valence-electron chi connectivity index (χ4n) is 4.01. The molecule has 0 spiro atoms.